The fourth-order valence-corrected chi connectivity index (χ4v) is 2.62. The first-order valence-corrected chi connectivity index (χ1v) is 7.26. The zero-order chi connectivity index (χ0) is 14.8. The molecule has 20 heavy (non-hydrogen) atoms. The van der Waals surface area contributed by atoms with E-state index in [9.17, 15) is 13.2 Å². The summed E-state index contributed by atoms with van der Waals surface area (Å²) in [4.78, 5) is 11.3. The van der Waals surface area contributed by atoms with Gasteiger partial charge in [0, 0.05) is 6.08 Å². The Morgan fingerprint density at radius 1 is 1.10 bits per heavy atom. The van der Waals surface area contributed by atoms with E-state index in [1.165, 1.54) is 37.5 Å². The number of hydrogen-bond acceptors (Lipinski definition) is 4. The summed E-state index contributed by atoms with van der Waals surface area (Å²) < 4.78 is 33.0. The van der Waals surface area contributed by atoms with E-state index in [1.54, 1.807) is 12.1 Å². The molecule has 0 N–H and O–H groups in total. The van der Waals surface area contributed by atoms with Crippen LogP contribution in [0.5, 0.6) is 0 Å². The lowest BCUT2D eigenvalue weighted by Crippen LogP contribution is -2.12. The third kappa shape index (κ3) is 3.03. The molecule has 1 aliphatic rings. The van der Waals surface area contributed by atoms with E-state index in [0.717, 1.165) is 5.56 Å². The molecule has 0 amide bonds. The van der Waals surface area contributed by atoms with Gasteiger partial charge in [-0.2, -0.15) is 12.8 Å². The fourth-order valence-electron chi connectivity index (χ4n) is 1.63. The number of hydrogen-bond donors (Lipinski definition) is 0. The Kier molecular flexibility index (Phi) is 3.85. The summed E-state index contributed by atoms with van der Waals surface area (Å²) >= 11 is 0. The standard InChI is InChI=1S/C14H13NO4S/c1-10-3-6-12(7-4-10)20(17,18)15-13-8-5-11(16)9-14(13)19-2/h3-9H,1-2H3/b15-13-. The van der Waals surface area contributed by atoms with Crippen LogP contribution in [0.3, 0.4) is 0 Å². The van der Waals surface area contributed by atoms with Gasteiger partial charge in [-0.3, -0.25) is 4.79 Å². The average Bonchev–Trinajstić information content (AvgIpc) is 2.41. The van der Waals surface area contributed by atoms with Gasteiger partial charge in [0.25, 0.3) is 10.0 Å². The van der Waals surface area contributed by atoms with Crippen LogP contribution in [0.4, 0.5) is 0 Å². The highest BCUT2D eigenvalue weighted by molar-refractivity contribution is 7.90. The van der Waals surface area contributed by atoms with E-state index in [-0.39, 0.29) is 22.1 Å². The molecule has 0 saturated carbocycles. The lowest BCUT2D eigenvalue weighted by molar-refractivity contribution is -0.110. The van der Waals surface area contributed by atoms with Gasteiger partial charge in [-0.1, -0.05) is 17.7 Å². The molecule has 5 nitrogen and oxygen atoms in total. The van der Waals surface area contributed by atoms with E-state index in [4.69, 9.17) is 4.74 Å². The number of ether oxygens (including phenoxy) is 1. The van der Waals surface area contributed by atoms with Crippen LogP contribution in [-0.2, 0) is 19.6 Å². The van der Waals surface area contributed by atoms with Gasteiger partial charge in [0.15, 0.2) is 5.78 Å². The molecule has 0 atom stereocenters. The first kappa shape index (κ1) is 14.2. The monoisotopic (exact) mass is 291 g/mol. The molecule has 0 heterocycles. The molecule has 1 aromatic carbocycles. The molecule has 6 heteroatoms. The van der Waals surface area contributed by atoms with Gasteiger partial charge in [0.2, 0.25) is 0 Å². The van der Waals surface area contributed by atoms with Crippen LogP contribution in [0.2, 0.25) is 0 Å². The zero-order valence-electron chi connectivity index (χ0n) is 11.0. The second-order valence-electron chi connectivity index (χ2n) is 4.21. The van der Waals surface area contributed by atoms with Gasteiger partial charge in [-0.15, -0.1) is 0 Å². The summed E-state index contributed by atoms with van der Waals surface area (Å²) in [5, 5.41) is 0. The van der Waals surface area contributed by atoms with Crippen molar-refractivity contribution in [2.24, 2.45) is 4.40 Å². The van der Waals surface area contributed by atoms with E-state index in [2.05, 4.69) is 4.40 Å². The van der Waals surface area contributed by atoms with Crippen molar-refractivity contribution in [3.8, 4) is 0 Å². The third-order valence-electron chi connectivity index (χ3n) is 2.69. The minimum atomic E-state index is -3.83. The number of benzene rings is 1. The predicted molar refractivity (Wildman–Crippen MR) is 75.0 cm³/mol. The second kappa shape index (κ2) is 5.42. The van der Waals surface area contributed by atoms with Crippen LogP contribution in [0.25, 0.3) is 0 Å². The number of ketones is 1. The average molecular weight is 291 g/mol. The molecule has 104 valence electrons. The summed E-state index contributed by atoms with van der Waals surface area (Å²) in [5.74, 6) is -0.137. The Bertz CT molecular complexity index is 725. The van der Waals surface area contributed by atoms with Crippen LogP contribution in [0, 0.1) is 6.92 Å². The molecule has 0 aromatic heterocycles. The van der Waals surface area contributed by atoms with Gasteiger partial charge in [0.05, 0.1) is 12.0 Å². The van der Waals surface area contributed by atoms with E-state index in [1.807, 2.05) is 6.92 Å². The number of sulfonamides is 1. The molecule has 1 aliphatic carbocycles. The lowest BCUT2D eigenvalue weighted by atomic mass is 10.1. The molecular weight excluding hydrogens is 278 g/mol. The Morgan fingerprint density at radius 3 is 2.35 bits per heavy atom. The van der Waals surface area contributed by atoms with Gasteiger partial charge in [0.1, 0.15) is 11.5 Å². The summed E-state index contributed by atoms with van der Waals surface area (Å²) in [5.41, 5.74) is 1.06. The van der Waals surface area contributed by atoms with Crippen molar-refractivity contribution in [3.63, 3.8) is 0 Å². The lowest BCUT2D eigenvalue weighted by Gasteiger charge is -2.09. The van der Waals surface area contributed by atoms with E-state index in [0.29, 0.717) is 0 Å². The minimum Gasteiger partial charge on any atom is -0.494 e. The van der Waals surface area contributed by atoms with Crippen LogP contribution in [0.1, 0.15) is 5.56 Å². The van der Waals surface area contributed by atoms with Gasteiger partial charge >= 0.3 is 0 Å². The Hall–Kier alpha value is -2.21. The van der Waals surface area contributed by atoms with Crippen molar-refractivity contribution >= 4 is 21.5 Å². The Labute approximate surface area is 117 Å². The van der Waals surface area contributed by atoms with Crippen LogP contribution in [0.15, 0.2) is 57.5 Å². The molecule has 0 spiro atoms. The predicted octanol–water partition coefficient (Wildman–Crippen LogP) is 1.79. The number of nitrogens with zero attached hydrogens (tertiary/aromatic N) is 1. The highest BCUT2D eigenvalue weighted by atomic mass is 32.2. The summed E-state index contributed by atoms with van der Waals surface area (Å²) in [6, 6.07) is 6.37. The smallest absolute Gasteiger partial charge is 0.282 e. The molecule has 0 fully saturated rings. The quantitative estimate of drug-likeness (QED) is 0.796. The topological polar surface area (TPSA) is 72.8 Å². The maximum absolute atomic E-state index is 12.2. The maximum Gasteiger partial charge on any atom is 0.282 e. The molecule has 0 aliphatic heterocycles. The van der Waals surface area contributed by atoms with Gasteiger partial charge in [-0.05, 0) is 31.2 Å². The van der Waals surface area contributed by atoms with Crippen molar-refractivity contribution in [1.29, 1.82) is 0 Å². The fraction of sp³-hybridized carbons (Fsp3) is 0.143. The van der Waals surface area contributed by atoms with Crippen LogP contribution < -0.4 is 0 Å². The number of aryl methyl sites for hydroxylation is 1. The molecule has 0 bridgehead atoms. The summed E-state index contributed by atoms with van der Waals surface area (Å²) in [7, 11) is -2.48. The van der Waals surface area contributed by atoms with Crippen molar-refractivity contribution in [2.45, 2.75) is 11.8 Å². The van der Waals surface area contributed by atoms with Crippen LogP contribution in [-0.4, -0.2) is 27.0 Å². The van der Waals surface area contributed by atoms with Crippen molar-refractivity contribution in [2.75, 3.05) is 7.11 Å². The van der Waals surface area contributed by atoms with Crippen molar-refractivity contribution in [3.05, 3.63) is 53.8 Å². The number of carbonyl (C=O) groups is 1. The first-order valence-electron chi connectivity index (χ1n) is 5.82. The Morgan fingerprint density at radius 2 is 1.75 bits per heavy atom. The molecule has 2 rings (SSSR count). The summed E-state index contributed by atoms with van der Waals surface area (Å²) in [6.45, 7) is 1.86. The number of rotatable bonds is 3. The molecule has 1 aromatic rings. The molecule has 0 saturated heterocycles. The molecule has 0 unspecified atom stereocenters. The van der Waals surface area contributed by atoms with Crippen molar-refractivity contribution in [1.82, 2.24) is 0 Å². The second-order valence-corrected chi connectivity index (χ2v) is 5.82. The SMILES string of the molecule is COC1=CC(=O)C=C/C1=N/S(=O)(=O)c1ccc(C)cc1. The van der Waals surface area contributed by atoms with Crippen LogP contribution >= 0.6 is 0 Å². The number of allylic oxidation sites excluding steroid dienone is 3. The summed E-state index contributed by atoms with van der Waals surface area (Å²) in [6.07, 6.45) is 3.77. The number of carbonyl (C=O) groups excluding carboxylic acids is 1. The molecule has 0 radical (unpaired) electrons. The molecular formula is C14H13NO4S. The maximum atomic E-state index is 12.2. The first-order chi connectivity index (χ1) is 9.42. The highest BCUT2D eigenvalue weighted by Crippen LogP contribution is 2.16. The Balaban J connectivity index is 2.43. The third-order valence-corrected chi connectivity index (χ3v) is 3.99. The highest BCUT2D eigenvalue weighted by Gasteiger charge is 2.18. The van der Waals surface area contributed by atoms with Gasteiger partial charge < -0.3 is 4.74 Å². The largest absolute Gasteiger partial charge is 0.494 e. The van der Waals surface area contributed by atoms with Gasteiger partial charge in [-0.25, -0.2) is 0 Å². The zero-order valence-corrected chi connectivity index (χ0v) is 11.8. The van der Waals surface area contributed by atoms with Crippen molar-refractivity contribution < 1.29 is 17.9 Å². The normalized spacial score (nSPS) is 17.2. The van der Waals surface area contributed by atoms with E-state index >= 15 is 0 Å². The van der Waals surface area contributed by atoms with E-state index < -0.39 is 10.0 Å². The number of methoxy groups -OCH3 is 1. The minimum absolute atomic E-state index is 0.0938.